The molecule has 0 aliphatic carbocycles. The molecule has 0 fully saturated rings. The summed E-state index contributed by atoms with van der Waals surface area (Å²) >= 11 is 0. The van der Waals surface area contributed by atoms with Crippen LogP contribution in [0.25, 0.3) is 0 Å². The number of hydrogen-bond donors (Lipinski definition) is 3. The van der Waals surface area contributed by atoms with Crippen molar-refractivity contribution in [2.24, 2.45) is 5.73 Å². The van der Waals surface area contributed by atoms with E-state index in [1.165, 1.54) is 18.3 Å². The number of carboxylic acids is 1. The van der Waals surface area contributed by atoms with Crippen LogP contribution in [0.5, 0.6) is 0 Å². The van der Waals surface area contributed by atoms with E-state index >= 15 is 0 Å². The van der Waals surface area contributed by atoms with Crippen LogP contribution in [0.4, 0.5) is 5.82 Å². The number of carbonyl (C=O) groups excluding carboxylic acids is 1. The summed E-state index contributed by atoms with van der Waals surface area (Å²) in [6, 6.07) is 2.20. The molecule has 92 valence electrons. The van der Waals surface area contributed by atoms with E-state index in [4.69, 9.17) is 10.8 Å². The molecule has 1 atom stereocenters. The molecule has 0 aliphatic heterocycles. The van der Waals surface area contributed by atoms with Crippen LogP contribution in [0.3, 0.4) is 0 Å². The summed E-state index contributed by atoms with van der Waals surface area (Å²) < 4.78 is 0. The van der Waals surface area contributed by atoms with Gasteiger partial charge in [0.2, 0.25) is 5.91 Å². The topological polar surface area (TPSA) is 105 Å². The number of pyridine rings is 1. The molecular weight excluding hydrogens is 222 g/mol. The van der Waals surface area contributed by atoms with Crippen molar-refractivity contribution in [2.75, 3.05) is 5.32 Å². The highest BCUT2D eigenvalue weighted by Gasteiger charge is 2.16. The van der Waals surface area contributed by atoms with Crippen LogP contribution in [0.15, 0.2) is 18.3 Å². The second kappa shape index (κ2) is 5.83. The van der Waals surface area contributed by atoms with Gasteiger partial charge in [-0.05, 0) is 18.6 Å². The zero-order valence-corrected chi connectivity index (χ0v) is 9.51. The monoisotopic (exact) mass is 237 g/mol. The number of primary amides is 1. The van der Waals surface area contributed by atoms with E-state index in [0.717, 1.165) is 6.42 Å². The highest BCUT2D eigenvalue weighted by atomic mass is 16.4. The fourth-order valence-electron chi connectivity index (χ4n) is 1.39. The summed E-state index contributed by atoms with van der Waals surface area (Å²) in [5.74, 6) is -1.18. The Morgan fingerprint density at radius 1 is 1.59 bits per heavy atom. The SMILES string of the molecule is CCCC(Nc1cc(C(N)=O)ccn1)C(=O)O. The van der Waals surface area contributed by atoms with Gasteiger partial charge in [0.1, 0.15) is 11.9 Å². The quantitative estimate of drug-likeness (QED) is 0.680. The minimum Gasteiger partial charge on any atom is -0.480 e. The number of rotatable bonds is 6. The van der Waals surface area contributed by atoms with Crippen molar-refractivity contribution in [3.8, 4) is 0 Å². The van der Waals surface area contributed by atoms with E-state index < -0.39 is 17.9 Å². The van der Waals surface area contributed by atoms with Crippen LogP contribution in [0.2, 0.25) is 0 Å². The first kappa shape index (κ1) is 13.0. The number of hydrogen-bond acceptors (Lipinski definition) is 4. The summed E-state index contributed by atoms with van der Waals surface area (Å²) in [6.07, 6.45) is 2.63. The van der Waals surface area contributed by atoms with Crippen molar-refractivity contribution >= 4 is 17.7 Å². The van der Waals surface area contributed by atoms with Gasteiger partial charge in [0.05, 0.1) is 0 Å². The average molecular weight is 237 g/mol. The number of nitrogens with one attached hydrogen (secondary N) is 1. The Labute approximate surface area is 98.8 Å². The standard InChI is InChI=1S/C11H15N3O3/c1-2-3-8(11(16)17)14-9-6-7(10(12)15)4-5-13-9/h4-6,8H,2-3H2,1H3,(H2,12,15)(H,13,14)(H,16,17). The van der Waals surface area contributed by atoms with Gasteiger partial charge >= 0.3 is 5.97 Å². The predicted molar refractivity (Wildman–Crippen MR) is 62.7 cm³/mol. The first-order chi connectivity index (χ1) is 8.04. The Balaban J connectivity index is 2.82. The summed E-state index contributed by atoms with van der Waals surface area (Å²) in [4.78, 5) is 25.8. The third-order valence-corrected chi connectivity index (χ3v) is 2.24. The molecule has 0 bridgehead atoms. The van der Waals surface area contributed by atoms with Crippen molar-refractivity contribution in [2.45, 2.75) is 25.8 Å². The molecule has 0 aromatic carbocycles. The number of nitrogens with zero attached hydrogens (tertiary/aromatic N) is 1. The molecule has 6 heteroatoms. The Bertz CT molecular complexity index is 420. The van der Waals surface area contributed by atoms with Crippen molar-refractivity contribution in [1.82, 2.24) is 4.98 Å². The number of anilines is 1. The zero-order chi connectivity index (χ0) is 12.8. The van der Waals surface area contributed by atoms with Gasteiger partial charge < -0.3 is 16.2 Å². The lowest BCUT2D eigenvalue weighted by Gasteiger charge is -2.14. The fraction of sp³-hybridized carbons (Fsp3) is 0.364. The molecule has 1 aromatic heterocycles. The molecule has 1 rings (SSSR count). The van der Waals surface area contributed by atoms with Crippen LogP contribution in [-0.4, -0.2) is 28.0 Å². The van der Waals surface area contributed by atoms with Crippen LogP contribution in [0.1, 0.15) is 30.1 Å². The molecule has 0 saturated carbocycles. The smallest absolute Gasteiger partial charge is 0.326 e. The average Bonchev–Trinajstić information content (AvgIpc) is 2.28. The van der Waals surface area contributed by atoms with Gasteiger partial charge in [0.15, 0.2) is 0 Å². The predicted octanol–water partition coefficient (Wildman–Crippen LogP) is 0.846. The Hall–Kier alpha value is -2.11. The molecule has 1 heterocycles. The van der Waals surface area contributed by atoms with Crippen molar-refractivity contribution in [3.63, 3.8) is 0 Å². The molecule has 0 spiro atoms. The van der Waals surface area contributed by atoms with Crippen LogP contribution >= 0.6 is 0 Å². The van der Waals surface area contributed by atoms with Gasteiger partial charge in [0.25, 0.3) is 0 Å². The minimum atomic E-state index is -0.946. The number of amides is 1. The number of nitrogens with two attached hydrogens (primary N) is 1. The first-order valence-corrected chi connectivity index (χ1v) is 5.29. The summed E-state index contributed by atoms with van der Waals surface area (Å²) in [5, 5.41) is 11.7. The lowest BCUT2D eigenvalue weighted by molar-refractivity contribution is -0.138. The van der Waals surface area contributed by atoms with Crippen molar-refractivity contribution < 1.29 is 14.7 Å². The molecule has 0 radical (unpaired) electrons. The van der Waals surface area contributed by atoms with E-state index in [2.05, 4.69) is 10.3 Å². The van der Waals surface area contributed by atoms with Gasteiger partial charge in [-0.1, -0.05) is 13.3 Å². The highest BCUT2D eigenvalue weighted by molar-refractivity contribution is 5.93. The largest absolute Gasteiger partial charge is 0.480 e. The zero-order valence-electron chi connectivity index (χ0n) is 9.51. The first-order valence-electron chi connectivity index (χ1n) is 5.29. The van der Waals surface area contributed by atoms with Gasteiger partial charge in [0, 0.05) is 11.8 Å². The van der Waals surface area contributed by atoms with Crippen molar-refractivity contribution in [1.29, 1.82) is 0 Å². The molecule has 0 aliphatic rings. The Morgan fingerprint density at radius 2 is 2.29 bits per heavy atom. The van der Waals surface area contributed by atoms with E-state index in [1.807, 2.05) is 6.92 Å². The van der Waals surface area contributed by atoms with Gasteiger partial charge in [-0.25, -0.2) is 9.78 Å². The molecule has 1 amide bonds. The van der Waals surface area contributed by atoms with E-state index in [1.54, 1.807) is 0 Å². The number of aromatic nitrogens is 1. The van der Waals surface area contributed by atoms with Crippen LogP contribution in [0, 0.1) is 0 Å². The maximum Gasteiger partial charge on any atom is 0.326 e. The molecule has 6 nitrogen and oxygen atoms in total. The van der Waals surface area contributed by atoms with Crippen molar-refractivity contribution in [3.05, 3.63) is 23.9 Å². The number of carbonyl (C=O) groups is 2. The maximum absolute atomic E-state index is 10.9. The minimum absolute atomic E-state index is 0.295. The Morgan fingerprint density at radius 3 is 2.82 bits per heavy atom. The van der Waals surface area contributed by atoms with Gasteiger partial charge in [-0.2, -0.15) is 0 Å². The highest BCUT2D eigenvalue weighted by Crippen LogP contribution is 2.10. The summed E-state index contributed by atoms with van der Waals surface area (Å²) in [7, 11) is 0. The van der Waals surface area contributed by atoms with E-state index in [0.29, 0.717) is 17.8 Å². The molecule has 1 aromatic rings. The molecular formula is C11H15N3O3. The van der Waals surface area contributed by atoms with Crippen LogP contribution in [-0.2, 0) is 4.79 Å². The molecule has 17 heavy (non-hydrogen) atoms. The normalized spacial score (nSPS) is 11.8. The molecule has 1 unspecified atom stereocenters. The second-order valence-corrected chi connectivity index (χ2v) is 3.62. The summed E-state index contributed by atoms with van der Waals surface area (Å²) in [5.41, 5.74) is 5.42. The summed E-state index contributed by atoms with van der Waals surface area (Å²) in [6.45, 7) is 1.89. The van der Waals surface area contributed by atoms with Crippen LogP contribution < -0.4 is 11.1 Å². The van der Waals surface area contributed by atoms with Gasteiger partial charge in [-0.3, -0.25) is 4.79 Å². The number of aliphatic carboxylic acids is 1. The fourth-order valence-corrected chi connectivity index (χ4v) is 1.39. The van der Waals surface area contributed by atoms with E-state index in [-0.39, 0.29) is 0 Å². The Kier molecular flexibility index (Phi) is 4.45. The number of carboxylic acid groups (broad SMARTS) is 1. The second-order valence-electron chi connectivity index (χ2n) is 3.62. The third-order valence-electron chi connectivity index (χ3n) is 2.24. The lowest BCUT2D eigenvalue weighted by Crippen LogP contribution is -2.29. The maximum atomic E-state index is 10.9. The van der Waals surface area contributed by atoms with E-state index in [9.17, 15) is 9.59 Å². The lowest BCUT2D eigenvalue weighted by atomic mass is 10.1. The van der Waals surface area contributed by atoms with Gasteiger partial charge in [-0.15, -0.1) is 0 Å². The third kappa shape index (κ3) is 3.75. The molecule has 0 saturated heterocycles. The molecule has 4 N–H and O–H groups in total.